The zero-order valence-corrected chi connectivity index (χ0v) is 10.9. The van der Waals surface area contributed by atoms with E-state index in [9.17, 15) is 17.6 Å². The van der Waals surface area contributed by atoms with Crippen molar-refractivity contribution in [2.45, 2.75) is 17.4 Å². The lowest BCUT2D eigenvalue weighted by Gasteiger charge is -2.13. The Morgan fingerprint density at radius 1 is 1.50 bits per heavy atom. The number of aliphatic hydroxyl groups is 1. The van der Waals surface area contributed by atoms with Gasteiger partial charge < -0.3 is 10.2 Å². The number of carbonyl (C=O) groups is 1. The number of carboxylic acids is 1. The van der Waals surface area contributed by atoms with Gasteiger partial charge in [-0.05, 0) is 24.6 Å². The average molecular weight is 302 g/mol. The number of benzene rings is 1. The summed E-state index contributed by atoms with van der Waals surface area (Å²) in [5.74, 6) is -2.33. The van der Waals surface area contributed by atoms with Gasteiger partial charge in [-0.3, -0.25) is 4.79 Å². The predicted octanol–water partition coefficient (Wildman–Crippen LogP) is -0.189. The van der Waals surface area contributed by atoms with Crippen LogP contribution >= 0.6 is 0 Å². The maximum Gasteiger partial charge on any atom is 0.321 e. The Morgan fingerprint density at radius 2 is 2.15 bits per heavy atom. The summed E-state index contributed by atoms with van der Waals surface area (Å²) < 4.78 is 38.8. The number of aliphatic carboxylic acids is 1. The SMILES string of the molecule is N#Cc1cc(S(=O)(=O)N[C@@H](CCO)C(=O)O)ccc1F. The van der Waals surface area contributed by atoms with Crippen molar-refractivity contribution < 1.29 is 27.8 Å². The second-order valence-electron chi connectivity index (χ2n) is 3.78. The number of nitrogens with zero attached hydrogens (tertiary/aromatic N) is 1. The Morgan fingerprint density at radius 3 is 2.65 bits per heavy atom. The minimum atomic E-state index is -4.24. The third kappa shape index (κ3) is 3.74. The van der Waals surface area contributed by atoms with Gasteiger partial charge in [-0.1, -0.05) is 0 Å². The second-order valence-corrected chi connectivity index (χ2v) is 5.49. The van der Waals surface area contributed by atoms with E-state index in [-0.39, 0.29) is 6.42 Å². The molecule has 0 aromatic heterocycles. The summed E-state index contributed by atoms with van der Waals surface area (Å²) >= 11 is 0. The molecule has 3 N–H and O–H groups in total. The number of hydrogen-bond acceptors (Lipinski definition) is 5. The van der Waals surface area contributed by atoms with E-state index in [0.29, 0.717) is 0 Å². The Labute approximate surface area is 114 Å². The maximum absolute atomic E-state index is 13.1. The summed E-state index contributed by atoms with van der Waals surface area (Å²) in [6.45, 7) is -0.521. The Hall–Kier alpha value is -2.02. The average Bonchev–Trinajstić information content (AvgIpc) is 2.38. The van der Waals surface area contributed by atoms with Crippen LogP contribution in [-0.4, -0.2) is 37.2 Å². The first-order chi connectivity index (χ1) is 9.31. The van der Waals surface area contributed by atoms with Crippen molar-refractivity contribution in [1.29, 1.82) is 5.26 Å². The summed E-state index contributed by atoms with van der Waals surface area (Å²) in [5, 5.41) is 26.1. The third-order valence-corrected chi connectivity index (χ3v) is 3.85. The third-order valence-electron chi connectivity index (χ3n) is 2.38. The minimum absolute atomic E-state index is 0.319. The van der Waals surface area contributed by atoms with Gasteiger partial charge in [0.1, 0.15) is 17.9 Å². The molecule has 0 heterocycles. The van der Waals surface area contributed by atoms with Crippen LogP contribution in [0.2, 0.25) is 0 Å². The Balaban J connectivity index is 3.11. The largest absolute Gasteiger partial charge is 0.480 e. The van der Waals surface area contributed by atoms with Gasteiger partial charge in [0.05, 0.1) is 10.5 Å². The van der Waals surface area contributed by atoms with Crippen LogP contribution in [0.5, 0.6) is 0 Å². The minimum Gasteiger partial charge on any atom is -0.480 e. The number of halogens is 1. The molecule has 0 aliphatic carbocycles. The van der Waals surface area contributed by atoms with Crippen LogP contribution in [0.4, 0.5) is 4.39 Å². The number of sulfonamides is 1. The topological polar surface area (TPSA) is 127 Å². The van der Waals surface area contributed by atoms with Crippen LogP contribution in [-0.2, 0) is 14.8 Å². The van der Waals surface area contributed by atoms with Gasteiger partial charge >= 0.3 is 5.97 Å². The van der Waals surface area contributed by atoms with Crippen LogP contribution in [0.15, 0.2) is 23.1 Å². The maximum atomic E-state index is 13.1. The molecule has 0 fully saturated rings. The number of hydrogen-bond donors (Lipinski definition) is 3. The monoisotopic (exact) mass is 302 g/mol. The van der Waals surface area contributed by atoms with Gasteiger partial charge in [0, 0.05) is 6.61 Å². The lowest BCUT2D eigenvalue weighted by Crippen LogP contribution is -2.41. The van der Waals surface area contributed by atoms with Crippen molar-refractivity contribution in [1.82, 2.24) is 4.72 Å². The lowest BCUT2D eigenvalue weighted by molar-refractivity contribution is -0.139. The number of rotatable bonds is 6. The van der Waals surface area contributed by atoms with Crippen LogP contribution in [0, 0.1) is 17.1 Å². The summed E-state index contributed by atoms with van der Waals surface area (Å²) in [7, 11) is -4.24. The van der Waals surface area contributed by atoms with E-state index >= 15 is 0 Å². The number of aliphatic hydroxyl groups excluding tert-OH is 1. The highest BCUT2D eigenvalue weighted by molar-refractivity contribution is 7.89. The van der Waals surface area contributed by atoms with E-state index in [1.54, 1.807) is 0 Å². The molecule has 0 saturated carbocycles. The molecule has 9 heteroatoms. The zero-order valence-electron chi connectivity index (χ0n) is 10.1. The van der Waals surface area contributed by atoms with E-state index in [0.717, 1.165) is 18.2 Å². The van der Waals surface area contributed by atoms with Gasteiger partial charge in [-0.25, -0.2) is 12.8 Å². The van der Waals surface area contributed by atoms with E-state index in [4.69, 9.17) is 15.5 Å². The first-order valence-electron chi connectivity index (χ1n) is 5.37. The molecule has 0 spiro atoms. The molecule has 0 radical (unpaired) electrons. The molecular formula is C11H11FN2O5S. The van der Waals surface area contributed by atoms with Crippen LogP contribution in [0.1, 0.15) is 12.0 Å². The number of nitrogens with one attached hydrogen (secondary N) is 1. The van der Waals surface area contributed by atoms with E-state index in [2.05, 4.69) is 0 Å². The molecule has 0 unspecified atom stereocenters. The molecular weight excluding hydrogens is 291 g/mol. The molecule has 0 saturated heterocycles. The van der Waals surface area contributed by atoms with Crippen LogP contribution in [0.3, 0.4) is 0 Å². The molecule has 108 valence electrons. The van der Waals surface area contributed by atoms with Crippen molar-refractivity contribution in [3.8, 4) is 6.07 Å². The predicted molar refractivity (Wildman–Crippen MR) is 64.6 cm³/mol. The molecule has 1 aromatic rings. The Bertz CT molecular complexity index is 653. The fraction of sp³-hybridized carbons (Fsp3) is 0.273. The highest BCUT2D eigenvalue weighted by Crippen LogP contribution is 2.15. The first kappa shape index (κ1) is 16.0. The highest BCUT2D eigenvalue weighted by Gasteiger charge is 2.25. The van der Waals surface area contributed by atoms with E-state index in [1.807, 2.05) is 4.72 Å². The zero-order chi connectivity index (χ0) is 15.3. The summed E-state index contributed by atoms with van der Waals surface area (Å²) in [6.07, 6.45) is -0.319. The molecule has 7 nitrogen and oxygen atoms in total. The van der Waals surface area contributed by atoms with Gasteiger partial charge in [0.15, 0.2) is 0 Å². The van der Waals surface area contributed by atoms with Crippen LogP contribution in [0.25, 0.3) is 0 Å². The fourth-order valence-corrected chi connectivity index (χ4v) is 2.62. The first-order valence-corrected chi connectivity index (χ1v) is 6.85. The van der Waals surface area contributed by atoms with Crippen molar-refractivity contribution >= 4 is 16.0 Å². The van der Waals surface area contributed by atoms with Crippen molar-refractivity contribution in [3.63, 3.8) is 0 Å². The van der Waals surface area contributed by atoms with Gasteiger partial charge in [0.2, 0.25) is 10.0 Å². The molecule has 1 aromatic carbocycles. The quantitative estimate of drug-likeness (QED) is 0.668. The fourth-order valence-electron chi connectivity index (χ4n) is 1.37. The number of carboxylic acid groups (broad SMARTS) is 1. The normalized spacial score (nSPS) is 12.7. The molecule has 0 aliphatic heterocycles. The van der Waals surface area contributed by atoms with Gasteiger partial charge in [0.25, 0.3) is 0 Å². The molecule has 20 heavy (non-hydrogen) atoms. The standard InChI is InChI=1S/C11H11FN2O5S/c12-9-2-1-8(5-7(9)6-13)20(18,19)14-10(3-4-15)11(16)17/h1-2,5,10,14-15H,3-4H2,(H,16,17)/t10-/m0/s1. The summed E-state index contributed by atoms with van der Waals surface area (Å²) in [6, 6.07) is 2.49. The number of nitriles is 1. The summed E-state index contributed by atoms with van der Waals surface area (Å²) in [5.41, 5.74) is -0.470. The molecule has 0 amide bonds. The molecule has 1 rings (SSSR count). The molecule has 1 atom stereocenters. The van der Waals surface area contributed by atoms with E-state index < -0.39 is 44.9 Å². The van der Waals surface area contributed by atoms with Crippen LogP contribution < -0.4 is 4.72 Å². The molecule has 0 bridgehead atoms. The lowest BCUT2D eigenvalue weighted by atomic mass is 10.2. The van der Waals surface area contributed by atoms with Gasteiger partial charge in [-0.2, -0.15) is 9.98 Å². The van der Waals surface area contributed by atoms with E-state index in [1.165, 1.54) is 6.07 Å². The second kappa shape index (κ2) is 6.42. The Kier molecular flexibility index (Phi) is 5.15. The molecule has 0 aliphatic rings. The smallest absolute Gasteiger partial charge is 0.321 e. The van der Waals surface area contributed by atoms with Gasteiger partial charge in [-0.15, -0.1) is 0 Å². The van der Waals surface area contributed by atoms with Crippen molar-refractivity contribution in [2.75, 3.05) is 6.61 Å². The van der Waals surface area contributed by atoms with Crippen molar-refractivity contribution in [3.05, 3.63) is 29.6 Å². The highest BCUT2D eigenvalue weighted by atomic mass is 32.2. The van der Waals surface area contributed by atoms with Crippen molar-refractivity contribution in [2.24, 2.45) is 0 Å². The summed E-state index contributed by atoms with van der Waals surface area (Å²) in [4.78, 5) is 10.4.